The van der Waals surface area contributed by atoms with Crippen LogP contribution in [0.15, 0.2) is 78.2 Å². The fourth-order valence-corrected chi connectivity index (χ4v) is 3.66. The normalized spacial score (nSPS) is 10.8. The van der Waals surface area contributed by atoms with E-state index >= 15 is 0 Å². The minimum absolute atomic E-state index is 0.277. The molecule has 0 N–H and O–H groups in total. The molecule has 0 amide bonds. The lowest BCUT2D eigenvalue weighted by Gasteiger charge is -2.13. The third-order valence-corrected chi connectivity index (χ3v) is 5.20. The molecule has 29 heavy (non-hydrogen) atoms. The van der Waals surface area contributed by atoms with Crippen LogP contribution in [0.25, 0.3) is 17.1 Å². The molecule has 0 spiro atoms. The van der Waals surface area contributed by atoms with Gasteiger partial charge >= 0.3 is 0 Å². The highest BCUT2D eigenvalue weighted by Crippen LogP contribution is 2.29. The van der Waals surface area contributed by atoms with Gasteiger partial charge in [0.25, 0.3) is 0 Å². The fraction of sp³-hybridized carbons (Fsp3) is 0.136. The molecule has 7 heteroatoms. The van der Waals surface area contributed by atoms with E-state index in [0.29, 0.717) is 18.1 Å². The maximum atomic E-state index is 13.0. The Morgan fingerprint density at radius 3 is 2.59 bits per heavy atom. The summed E-state index contributed by atoms with van der Waals surface area (Å²) in [5.41, 5.74) is 3.05. The van der Waals surface area contributed by atoms with Crippen molar-refractivity contribution < 1.29 is 9.13 Å². The smallest absolute Gasteiger partial charge is 0.196 e. The average Bonchev–Trinajstić information content (AvgIpc) is 3.17. The van der Waals surface area contributed by atoms with E-state index in [2.05, 4.69) is 38.8 Å². The number of hydrogen-bond acceptors (Lipinski definition) is 5. The predicted molar refractivity (Wildman–Crippen MR) is 112 cm³/mol. The Balaban J connectivity index is 1.56. The van der Waals surface area contributed by atoms with Crippen molar-refractivity contribution in [3.8, 4) is 22.8 Å². The van der Waals surface area contributed by atoms with Crippen LogP contribution in [-0.2, 0) is 0 Å². The van der Waals surface area contributed by atoms with Crippen LogP contribution in [0, 0.1) is 12.7 Å². The molecule has 5 nitrogen and oxygen atoms in total. The minimum atomic E-state index is -0.277. The maximum Gasteiger partial charge on any atom is 0.196 e. The minimum Gasteiger partial charge on any atom is -0.493 e. The number of hydrogen-bond donors (Lipinski definition) is 0. The highest BCUT2D eigenvalue weighted by atomic mass is 32.2. The van der Waals surface area contributed by atoms with Crippen molar-refractivity contribution >= 4 is 11.8 Å². The summed E-state index contributed by atoms with van der Waals surface area (Å²) in [5.74, 6) is 1.78. The van der Waals surface area contributed by atoms with Crippen molar-refractivity contribution in [3.05, 3.63) is 84.4 Å². The van der Waals surface area contributed by atoms with Gasteiger partial charge in [-0.2, -0.15) is 0 Å². The van der Waals surface area contributed by atoms with E-state index in [9.17, 15) is 4.39 Å². The number of nitrogens with zero attached hydrogens (tertiary/aromatic N) is 4. The Labute approximate surface area is 172 Å². The number of ether oxygens (including phenoxy) is 1. The summed E-state index contributed by atoms with van der Waals surface area (Å²) in [5, 5.41) is 9.61. The molecule has 2 aromatic heterocycles. The van der Waals surface area contributed by atoms with Crippen LogP contribution < -0.4 is 4.74 Å². The van der Waals surface area contributed by atoms with Gasteiger partial charge in [-0.3, -0.25) is 9.55 Å². The van der Waals surface area contributed by atoms with E-state index in [1.165, 1.54) is 12.1 Å². The topological polar surface area (TPSA) is 52.8 Å². The summed E-state index contributed by atoms with van der Waals surface area (Å²) in [6.07, 6.45) is 3.52. The molecule has 2 heterocycles. The molecule has 0 aliphatic heterocycles. The number of aryl methyl sites for hydroxylation is 1. The number of para-hydroxylation sites is 1. The number of pyridine rings is 1. The van der Waals surface area contributed by atoms with Gasteiger partial charge in [-0.1, -0.05) is 30.0 Å². The molecule has 4 aromatic rings. The molecule has 146 valence electrons. The Morgan fingerprint density at radius 1 is 1.00 bits per heavy atom. The van der Waals surface area contributed by atoms with Gasteiger partial charge in [-0.05, 0) is 55.0 Å². The van der Waals surface area contributed by atoms with Gasteiger partial charge in [0.05, 0.1) is 12.3 Å². The number of benzene rings is 2. The summed E-state index contributed by atoms with van der Waals surface area (Å²) < 4.78 is 20.7. The van der Waals surface area contributed by atoms with Gasteiger partial charge in [0.1, 0.15) is 11.6 Å². The monoisotopic (exact) mass is 406 g/mol. The van der Waals surface area contributed by atoms with Crippen LogP contribution in [0.2, 0.25) is 0 Å². The number of rotatable bonds is 7. The molecule has 0 aliphatic carbocycles. The summed E-state index contributed by atoms with van der Waals surface area (Å²) in [4.78, 5) is 4.21. The number of halogens is 1. The Kier molecular flexibility index (Phi) is 5.86. The first-order chi connectivity index (χ1) is 14.2. The van der Waals surface area contributed by atoms with E-state index < -0.39 is 0 Å². The quantitative estimate of drug-likeness (QED) is 0.321. The van der Waals surface area contributed by atoms with Crippen molar-refractivity contribution in [1.82, 2.24) is 19.7 Å². The first-order valence-corrected chi connectivity index (χ1v) is 10.1. The molecule has 0 radical (unpaired) electrons. The van der Waals surface area contributed by atoms with Crippen LogP contribution in [0.5, 0.6) is 5.75 Å². The molecular formula is C22H19FN4OS. The molecule has 0 aliphatic rings. The van der Waals surface area contributed by atoms with E-state index in [1.54, 1.807) is 36.3 Å². The van der Waals surface area contributed by atoms with Crippen LogP contribution in [0.3, 0.4) is 0 Å². The SMILES string of the molecule is Cc1ccccc1-n1c(SCCOc2ccc(F)cc2)nnc1-c1cccnc1. The first-order valence-electron chi connectivity index (χ1n) is 9.15. The number of thioether (sulfide) groups is 1. The van der Waals surface area contributed by atoms with Gasteiger partial charge in [-0.15, -0.1) is 10.2 Å². The molecule has 0 bridgehead atoms. The van der Waals surface area contributed by atoms with Crippen molar-refractivity contribution in [2.45, 2.75) is 12.1 Å². The van der Waals surface area contributed by atoms with Crippen molar-refractivity contribution in [1.29, 1.82) is 0 Å². The van der Waals surface area contributed by atoms with E-state index in [4.69, 9.17) is 4.74 Å². The highest BCUT2D eigenvalue weighted by molar-refractivity contribution is 7.99. The van der Waals surface area contributed by atoms with E-state index in [1.807, 2.05) is 24.3 Å². The van der Waals surface area contributed by atoms with Crippen LogP contribution >= 0.6 is 11.8 Å². The van der Waals surface area contributed by atoms with Crippen LogP contribution in [-0.4, -0.2) is 32.1 Å². The zero-order valence-electron chi connectivity index (χ0n) is 15.8. The van der Waals surface area contributed by atoms with Gasteiger partial charge < -0.3 is 4.74 Å². The number of aromatic nitrogens is 4. The van der Waals surface area contributed by atoms with Crippen LogP contribution in [0.1, 0.15) is 5.56 Å². The van der Waals surface area contributed by atoms with Gasteiger partial charge in [-0.25, -0.2) is 4.39 Å². The van der Waals surface area contributed by atoms with E-state index in [0.717, 1.165) is 27.8 Å². The molecule has 2 aromatic carbocycles. The molecule has 4 rings (SSSR count). The van der Waals surface area contributed by atoms with Crippen molar-refractivity contribution in [2.75, 3.05) is 12.4 Å². The summed E-state index contributed by atoms with van der Waals surface area (Å²) in [7, 11) is 0. The lowest BCUT2D eigenvalue weighted by atomic mass is 10.2. The Morgan fingerprint density at radius 2 is 1.83 bits per heavy atom. The first kappa shape index (κ1) is 19.1. The maximum absolute atomic E-state index is 13.0. The summed E-state index contributed by atoms with van der Waals surface area (Å²) in [6, 6.07) is 18.0. The lowest BCUT2D eigenvalue weighted by Crippen LogP contribution is -2.04. The third-order valence-electron chi connectivity index (χ3n) is 4.31. The molecule has 0 fully saturated rings. The predicted octanol–water partition coefficient (Wildman–Crippen LogP) is 4.95. The van der Waals surface area contributed by atoms with E-state index in [-0.39, 0.29) is 5.82 Å². The molecule has 0 unspecified atom stereocenters. The second-order valence-corrected chi connectivity index (χ2v) is 7.38. The summed E-state index contributed by atoms with van der Waals surface area (Å²) in [6.45, 7) is 2.54. The van der Waals surface area contributed by atoms with Gasteiger partial charge in [0.15, 0.2) is 11.0 Å². The zero-order valence-corrected chi connectivity index (χ0v) is 16.6. The molecule has 0 saturated carbocycles. The average molecular weight is 406 g/mol. The van der Waals surface area contributed by atoms with Gasteiger partial charge in [0.2, 0.25) is 0 Å². The highest BCUT2D eigenvalue weighted by Gasteiger charge is 2.17. The van der Waals surface area contributed by atoms with Gasteiger partial charge in [0, 0.05) is 23.7 Å². The molecule has 0 saturated heterocycles. The zero-order chi connectivity index (χ0) is 20.1. The Hall–Kier alpha value is -3.19. The Bertz CT molecular complexity index is 1080. The second kappa shape index (κ2) is 8.87. The molecule has 0 atom stereocenters. The van der Waals surface area contributed by atoms with Crippen molar-refractivity contribution in [2.24, 2.45) is 0 Å². The molecular weight excluding hydrogens is 387 g/mol. The fourth-order valence-electron chi connectivity index (χ4n) is 2.90. The summed E-state index contributed by atoms with van der Waals surface area (Å²) >= 11 is 1.56. The second-order valence-electron chi connectivity index (χ2n) is 6.32. The lowest BCUT2D eigenvalue weighted by molar-refractivity contribution is 0.343. The third kappa shape index (κ3) is 4.46. The van der Waals surface area contributed by atoms with Crippen LogP contribution in [0.4, 0.5) is 4.39 Å². The largest absolute Gasteiger partial charge is 0.493 e. The standard InChI is InChI=1S/C22H19FN4OS/c1-16-5-2-3-7-20(16)27-21(17-6-4-12-24-15-17)25-26-22(27)29-14-13-28-19-10-8-18(23)9-11-19/h2-12,15H,13-14H2,1H3. The van der Waals surface area contributed by atoms with Crippen molar-refractivity contribution in [3.63, 3.8) is 0 Å².